The van der Waals surface area contributed by atoms with Gasteiger partial charge in [-0.2, -0.15) is 0 Å². The van der Waals surface area contributed by atoms with Crippen molar-refractivity contribution in [2.75, 3.05) is 7.11 Å². The molecule has 1 aliphatic heterocycles. The van der Waals surface area contributed by atoms with Gasteiger partial charge in [-0.15, -0.1) is 0 Å². The lowest BCUT2D eigenvalue weighted by molar-refractivity contribution is -0.164. The molecular formula is C11H11NO4. The quantitative estimate of drug-likeness (QED) is 0.551. The smallest absolute Gasteiger partial charge is 0.314 e. The van der Waals surface area contributed by atoms with Crippen molar-refractivity contribution in [2.45, 2.75) is 18.8 Å². The monoisotopic (exact) mass is 221 g/mol. The van der Waals surface area contributed by atoms with Crippen molar-refractivity contribution in [2.24, 2.45) is 0 Å². The average molecular weight is 221 g/mol. The molecule has 0 amide bonds. The van der Waals surface area contributed by atoms with Crippen molar-refractivity contribution in [1.29, 1.82) is 0 Å². The van der Waals surface area contributed by atoms with Crippen molar-refractivity contribution >= 4 is 11.9 Å². The van der Waals surface area contributed by atoms with E-state index in [1.54, 1.807) is 25.4 Å². The van der Waals surface area contributed by atoms with Crippen LogP contribution in [0.25, 0.3) is 0 Å². The number of pyridine rings is 1. The van der Waals surface area contributed by atoms with Crippen LogP contribution >= 0.6 is 0 Å². The van der Waals surface area contributed by atoms with E-state index in [0.29, 0.717) is 11.4 Å². The van der Waals surface area contributed by atoms with E-state index in [4.69, 9.17) is 4.74 Å². The first kappa shape index (κ1) is 10.6. The first-order chi connectivity index (χ1) is 7.69. The zero-order valence-electron chi connectivity index (χ0n) is 8.80. The number of nitrogens with zero attached hydrogens (tertiary/aromatic N) is 1. The Morgan fingerprint density at radius 2 is 2.06 bits per heavy atom. The maximum Gasteiger partial charge on any atom is 0.314 e. The first-order valence-electron chi connectivity index (χ1n) is 4.92. The van der Waals surface area contributed by atoms with Gasteiger partial charge in [0.2, 0.25) is 0 Å². The number of aromatic nitrogens is 1. The third kappa shape index (κ3) is 2.18. The molecule has 1 aromatic rings. The normalized spacial score (nSPS) is 17.1. The van der Waals surface area contributed by atoms with Crippen LogP contribution in [0.15, 0.2) is 18.3 Å². The van der Waals surface area contributed by atoms with Gasteiger partial charge in [0.1, 0.15) is 5.75 Å². The van der Waals surface area contributed by atoms with E-state index in [-0.39, 0.29) is 18.8 Å². The lowest BCUT2D eigenvalue weighted by Crippen LogP contribution is -2.24. The van der Waals surface area contributed by atoms with Gasteiger partial charge < -0.3 is 9.47 Å². The molecule has 2 rings (SSSR count). The van der Waals surface area contributed by atoms with Crippen LogP contribution < -0.4 is 4.74 Å². The number of methoxy groups -OCH3 is 1. The van der Waals surface area contributed by atoms with E-state index in [2.05, 4.69) is 9.72 Å². The Bertz CT molecular complexity index is 414. The van der Waals surface area contributed by atoms with Crippen molar-refractivity contribution in [3.8, 4) is 5.75 Å². The molecule has 1 aromatic heterocycles. The highest BCUT2D eigenvalue weighted by Crippen LogP contribution is 2.28. The Hall–Kier alpha value is -1.91. The molecule has 5 nitrogen and oxygen atoms in total. The first-order valence-corrected chi connectivity index (χ1v) is 4.92. The fourth-order valence-corrected chi connectivity index (χ4v) is 1.67. The second kappa shape index (κ2) is 4.30. The molecule has 0 bridgehead atoms. The van der Waals surface area contributed by atoms with Crippen molar-refractivity contribution in [3.05, 3.63) is 24.0 Å². The molecule has 0 N–H and O–H groups in total. The standard InChI is InChI=1S/C11H11NO4/c1-15-8-2-3-12-9(6-8)7-4-10(13)16-11(14)5-7/h2-3,6-7H,4-5H2,1H3. The lowest BCUT2D eigenvalue weighted by Gasteiger charge is -2.19. The average Bonchev–Trinajstić information content (AvgIpc) is 2.28. The minimum Gasteiger partial charge on any atom is -0.497 e. The highest BCUT2D eigenvalue weighted by Gasteiger charge is 2.29. The fourth-order valence-electron chi connectivity index (χ4n) is 1.67. The van der Waals surface area contributed by atoms with Gasteiger partial charge in [0.05, 0.1) is 20.0 Å². The molecular weight excluding hydrogens is 210 g/mol. The summed E-state index contributed by atoms with van der Waals surface area (Å²) in [6, 6.07) is 3.45. The van der Waals surface area contributed by atoms with E-state index in [0.717, 1.165) is 0 Å². The van der Waals surface area contributed by atoms with Crippen molar-refractivity contribution in [1.82, 2.24) is 4.98 Å². The van der Waals surface area contributed by atoms with Crippen LogP contribution in [0.2, 0.25) is 0 Å². The van der Waals surface area contributed by atoms with Crippen molar-refractivity contribution < 1.29 is 19.1 Å². The minimum absolute atomic E-state index is 0.186. The molecule has 1 fully saturated rings. The molecule has 0 spiro atoms. The third-order valence-electron chi connectivity index (χ3n) is 2.46. The van der Waals surface area contributed by atoms with E-state index in [1.807, 2.05) is 0 Å². The van der Waals surface area contributed by atoms with E-state index in [1.165, 1.54) is 0 Å². The number of ether oxygens (including phenoxy) is 2. The number of carbonyl (C=O) groups excluding carboxylic acids is 2. The molecule has 1 saturated heterocycles. The Kier molecular flexibility index (Phi) is 2.85. The number of cyclic esters (lactones) is 2. The third-order valence-corrected chi connectivity index (χ3v) is 2.46. The van der Waals surface area contributed by atoms with Crippen LogP contribution in [0.3, 0.4) is 0 Å². The molecule has 2 heterocycles. The predicted molar refractivity (Wildman–Crippen MR) is 53.9 cm³/mol. The zero-order valence-corrected chi connectivity index (χ0v) is 8.80. The molecule has 0 unspecified atom stereocenters. The van der Waals surface area contributed by atoms with Crippen LogP contribution in [0.5, 0.6) is 5.75 Å². The van der Waals surface area contributed by atoms with Gasteiger partial charge in [-0.25, -0.2) is 0 Å². The second-order valence-corrected chi connectivity index (χ2v) is 3.57. The minimum atomic E-state index is -0.495. The van der Waals surface area contributed by atoms with E-state index in [9.17, 15) is 9.59 Å². The predicted octanol–water partition coefficient (Wildman–Crippen LogP) is 1.04. The van der Waals surface area contributed by atoms with Crippen LogP contribution in [-0.4, -0.2) is 24.0 Å². The summed E-state index contributed by atoms with van der Waals surface area (Å²) in [5, 5.41) is 0. The number of esters is 2. The molecule has 0 radical (unpaired) electrons. The Balaban J connectivity index is 2.22. The molecule has 0 saturated carbocycles. The molecule has 0 aliphatic carbocycles. The van der Waals surface area contributed by atoms with Gasteiger partial charge >= 0.3 is 11.9 Å². The summed E-state index contributed by atoms with van der Waals surface area (Å²) in [4.78, 5) is 26.4. The summed E-state index contributed by atoms with van der Waals surface area (Å²) in [5.41, 5.74) is 0.685. The summed E-state index contributed by atoms with van der Waals surface area (Å²) in [5.74, 6) is -0.531. The lowest BCUT2D eigenvalue weighted by atomic mass is 9.95. The van der Waals surface area contributed by atoms with Gasteiger partial charge in [0, 0.05) is 23.9 Å². The highest BCUT2D eigenvalue weighted by molar-refractivity contribution is 5.89. The SMILES string of the molecule is COc1ccnc(C2CC(=O)OC(=O)C2)c1. The summed E-state index contributed by atoms with van der Waals surface area (Å²) < 4.78 is 9.52. The van der Waals surface area contributed by atoms with Crippen molar-refractivity contribution in [3.63, 3.8) is 0 Å². The topological polar surface area (TPSA) is 65.5 Å². The van der Waals surface area contributed by atoms with E-state index < -0.39 is 11.9 Å². The van der Waals surface area contributed by atoms with Crippen LogP contribution in [0, 0.1) is 0 Å². The maximum absolute atomic E-state index is 11.1. The molecule has 5 heteroatoms. The zero-order chi connectivity index (χ0) is 11.5. The Morgan fingerprint density at radius 1 is 1.38 bits per heavy atom. The molecule has 84 valence electrons. The van der Waals surface area contributed by atoms with Crippen LogP contribution in [0.1, 0.15) is 24.5 Å². The van der Waals surface area contributed by atoms with Crippen LogP contribution in [0.4, 0.5) is 0 Å². The van der Waals surface area contributed by atoms with Gasteiger partial charge in [-0.05, 0) is 6.07 Å². The summed E-state index contributed by atoms with van der Waals surface area (Å²) in [6.07, 6.45) is 1.97. The summed E-state index contributed by atoms with van der Waals surface area (Å²) >= 11 is 0. The largest absolute Gasteiger partial charge is 0.497 e. The Labute approximate surface area is 92.4 Å². The molecule has 0 aromatic carbocycles. The summed E-state index contributed by atoms with van der Waals surface area (Å²) in [6.45, 7) is 0. The maximum atomic E-state index is 11.1. The second-order valence-electron chi connectivity index (χ2n) is 3.57. The molecule has 0 atom stereocenters. The van der Waals surface area contributed by atoms with Gasteiger partial charge in [0.15, 0.2) is 0 Å². The molecule has 1 aliphatic rings. The Morgan fingerprint density at radius 3 is 2.69 bits per heavy atom. The van der Waals surface area contributed by atoms with Gasteiger partial charge in [-0.3, -0.25) is 14.6 Å². The molecule has 16 heavy (non-hydrogen) atoms. The number of hydrogen-bond acceptors (Lipinski definition) is 5. The van der Waals surface area contributed by atoms with Gasteiger partial charge in [0.25, 0.3) is 0 Å². The highest BCUT2D eigenvalue weighted by atomic mass is 16.6. The van der Waals surface area contributed by atoms with Gasteiger partial charge in [-0.1, -0.05) is 0 Å². The number of hydrogen-bond donors (Lipinski definition) is 0. The van der Waals surface area contributed by atoms with E-state index >= 15 is 0 Å². The van der Waals surface area contributed by atoms with Crippen LogP contribution in [-0.2, 0) is 14.3 Å². The fraction of sp³-hybridized carbons (Fsp3) is 0.364. The number of rotatable bonds is 2. The summed E-state index contributed by atoms with van der Waals surface area (Å²) in [7, 11) is 1.55. The number of carbonyl (C=O) groups is 2.